The van der Waals surface area contributed by atoms with Gasteiger partial charge >= 0.3 is 0 Å². The van der Waals surface area contributed by atoms with Crippen molar-refractivity contribution in [3.8, 4) is 0 Å². The van der Waals surface area contributed by atoms with Gasteiger partial charge < -0.3 is 4.90 Å². The average molecular weight is 445 g/mol. The van der Waals surface area contributed by atoms with E-state index < -0.39 is 11.8 Å². The maximum absolute atomic E-state index is 14.0. The number of hydrogen-bond donors (Lipinski definition) is 0. The van der Waals surface area contributed by atoms with Crippen LogP contribution in [0.5, 0.6) is 0 Å². The summed E-state index contributed by atoms with van der Waals surface area (Å²) in [6, 6.07) is 39.1. The van der Waals surface area contributed by atoms with E-state index in [2.05, 4.69) is 41.3 Å². The molecule has 2 aliphatic heterocycles. The first-order chi connectivity index (χ1) is 16.8. The zero-order valence-corrected chi connectivity index (χ0v) is 18.6. The molecule has 4 atom stereocenters. The number of carbonyl (C=O) groups is 2. The Labute approximate surface area is 199 Å². The van der Waals surface area contributed by atoms with Crippen molar-refractivity contribution in [3.63, 3.8) is 0 Å². The quantitative estimate of drug-likeness (QED) is 0.374. The van der Waals surface area contributed by atoms with Crippen LogP contribution < -0.4 is 9.80 Å². The molecule has 2 aliphatic rings. The average Bonchev–Trinajstić information content (AvgIpc) is 3.39. The molecule has 2 saturated heterocycles. The van der Waals surface area contributed by atoms with E-state index in [1.807, 2.05) is 84.9 Å². The Balaban J connectivity index is 1.57. The van der Waals surface area contributed by atoms with Gasteiger partial charge in [-0.3, -0.25) is 9.59 Å². The van der Waals surface area contributed by atoms with Gasteiger partial charge in [0.25, 0.3) is 0 Å². The Kier molecular flexibility index (Phi) is 4.99. The summed E-state index contributed by atoms with van der Waals surface area (Å²) < 4.78 is 0. The maximum atomic E-state index is 14.0. The molecule has 166 valence electrons. The largest absolute Gasteiger partial charge is 0.356 e. The van der Waals surface area contributed by atoms with Gasteiger partial charge in [0.05, 0.1) is 29.6 Å². The lowest BCUT2D eigenvalue weighted by Crippen LogP contribution is -2.38. The lowest BCUT2D eigenvalue weighted by Gasteiger charge is -2.36. The van der Waals surface area contributed by atoms with Crippen LogP contribution in [-0.4, -0.2) is 11.8 Å². The molecule has 2 heterocycles. The summed E-state index contributed by atoms with van der Waals surface area (Å²) in [4.78, 5) is 31.7. The van der Waals surface area contributed by atoms with E-state index in [1.165, 1.54) is 4.90 Å². The SMILES string of the molecule is O=C1[C@@H]2[C@H](C(=O)N1c1ccccc1)[C@H](c1ccccc1)N(c1ccccc1)[C@H]2c1ccccc1. The zero-order valence-electron chi connectivity index (χ0n) is 18.6. The third kappa shape index (κ3) is 3.14. The molecule has 0 bridgehead atoms. The number of carbonyl (C=O) groups excluding carboxylic acids is 2. The molecule has 4 aromatic carbocycles. The number of para-hydroxylation sites is 2. The fourth-order valence-electron chi connectivity index (χ4n) is 5.69. The van der Waals surface area contributed by atoms with Crippen LogP contribution in [0.25, 0.3) is 0 Å². The molecule has 34 heavy (non-hydrogen) atoms. The van der Waals surface area contributed by atoms with Crippen LogP contribution in [0.4, 0.5) is 11.4 Å². The summed E-state index contributed by atoms with van der Waals surface area (Å²) in [6.45, 7) is 0. The van der Waals surface area contributed by atoms with Crippen LogP contribution >= 0.6 is 0 Å². The van der Waals surface area contributed by atoms with Gasteiger partial charge in [0.1, 0.15) is 0 Å². The van der Waals surface area contributed by atoms with Gasteiger partial charge in [-0.25, -0.2) is 4.90 Å². The van der Waals surface area contributed by atoms with Crippen molar-refractivity contribution in [1.82, 2.24) is 0 Å². The van der Waals surface area contributed by atoms with Crippen LogP contribution in [0.15, 0.2) is 121 Å². The van der Waals surface area contributed by atoms with Crippen LogP contribution in [0.3, 0.4) is 0 Å². The van der Waals surface area contributed by atoms with Gasteiger partial charge in [0.2, 0.25) is 11.8 Å². The van der Waals surface area contributed by atoms with E-state index >= 15 is 0 Å². The molecule has 4 nitrogen and oxygen atoms in total. The highest BCUT2D eigenvalue weighted by atomic mass is 16.2. The predicted molar refractivity (Wildman–Crippen MR) is 133 cm³/mol. The number of amides is 2. The number of benzene rings is 4. The van der Waals surface area contributed by atoms with Gasteiger partial charge in [-0.15, -0.1) is 0 Å². The van der Waals surface area contributed by atoms with Crippen molar-refractivity contribution in [2.75, 3.05) is 9.80 Å². The van der Waals surface area contributed by atoms with Gasteiger partial charge in [0, 0.05) is 5.69 Å². The molecule has 4 heteroatoms. The Bertz CT molecular complexity index is 1240. The monoisotopic (exact) mass is 444 g/mol. The lowest BCUT2D eigenvalue weighted by atomic mass is 9.84. The second kappa shape index (κ2) is 8.31. The number of anilines is 2. The number of nitrogens with zero attached hydrogens (tertiary/aromatic N) is 2. The fourth-order valence-corrected chi connectivity index (χ4v) is 5.69. The minimum Gasteiger partial charge on any atom is -0.356 e. The van der Waals surface area contributed by atoms with Crippen LogP contribution in [0.2, 0.25) is 0 Å². The van der Waals surface area contributed by atoms with E-state index in [-0.39, 0.29) is 23.9 Å². The highest BCUT2D eigenvalue weighted by molar-refractivity contribution is 6.23. The van der Waals surface area contributed by atoms with Gasteiger partial charge in [-0.2, -0.15) is 0 Å². The van der Waals surface area contributed by atoms with Crippen LogP contribution in [0.1, 0.15) is 23.2 Å². The number of rotatable bonds is 4. The third-order valence-corrected chi connectivity index (χ3v) is 7.03. The molecule has 2 fully saturated rings. The maximum Gasteiger partial charge on any atom is 0.240 e. The van der Waals surface area contributed by atoms with Crippen molar-refractivity contribution in [2.24, 2.45) is 11.8 Å². The molecule has 0 spiro atoms. The normalized spacial score (nSPS) is 23.9. The third-order valence-electron chi connectivity index (χ3n) is 7.03. The molecule has 0 radical (unpaired) electrons. The minimum atomic E-state index is -0.486. The molecule has 0 aromatic heterocycles. The Morgan fingerprint density at radius 2 is 0.794 bits per heavy atom. The van der Waals surface area contributed by atoms with E-state index in [0.717, 1.165) is 16.8 Å². The summed E-state index contributed by atoms with van der Waals surface area (Å²) in [7, 11) is 0. The van der Waals surface area contributed by atoms with Crippen LogP contribution in [0, 0.1) is 11.8 Å². The highest BCUT2D eigenvalue weighted by Gasteiger charge is 2.63. The Morgan fingerprint density at radius 3 is 1.21 bits per heavy atom. The van der Waals surface area contributed by atoms with Gasteiger partial charge in [-0.05, 0) is 35.4 Å². The van der Waals surface area contributed by atoms with E-state index in [1.54, 1.807) is 0 Å². The molecule has 0 saturated carbocycles. The minimum absolute atomic E-state index is 0.130. The second-order valence-corrected chi connectivity index (χ2v) is 8.85. The highest BCUT2D eigenvalue weighted by Crippen LogP contribution is 2.57. The molecule has 0 unspecified atom stereocenters. The molecule has 2 amide bonds. The van der Waals surface area contributed by atoms with Gasteiger partial charge in [0.15, 0.2) is 0 Å². The number of hydrogen-bond acceptors (Lipinski definition) is 3. The Hall–Kier alpha value is -4.18. The second-order valence-electron chi connectivity index (χ2n) is 8.85. The topological polar surface area (TPSA) is 40.6 Å². The number of fused-ring (bicyclic) bond motifs is 1. The summed E-state index contributed by atoms with van der Waals surface area (Å²) in [5.74, 6) is -1.23. The summed E-state index contributed by atoms with van der Waals surface area (Å²) >= 11 is 0. The molecule has 6 rings (SSSR count). The molecular weight excluding hydrogens is 420 g/mol. The molecule has 0 aliphatic carbocycles. The summed E-state index contributed by atoms with van der Waals surface area (Å²) in [6.07, 6.45) is 0. The standard InChI is InChI=1S/C30H24N2O2/c33-29-25-26(30(34)32(29)24-19-11-4-12-20-24)28(22-15-7-2-8-16-22)31(23-17-9-3-10-18-23)27(25)21-13-5-1-6-14-21/h1-20,25-28H/t25-,26+,27-,28-/m0/s1. The van der Waals surface area contributed by atoms with Crippen molar-refractivity contribution in [1.29, 1.82) is 0 Å². The summed E-state index contributed by atoms with van der Waals surface area (Å²) in [5.41, 5.74) is 3.72. The zero-order chi connectivity index (χ0) is 23.1. The smallest absolute Gasteiger partial charge is 0.240 e. The van der Waals surface area contributed by atoms with Crippen molar-refractivity contribution in [3.05, 3.63) is 132 Å². The molecule has 0 N–H and O–H groups in total. The number of imide groups is 1. The first kappa shape index (κ1) is 20.4. The van der Waals surface area contributed by atoms with E-state index in [0.29, 0.717) is 5.69 Å². The fraction of sp³-hybridized carbons (Fsp3) is 0.133. The molecular formula is C30H24N2O2. The Morgan fingerprint density at radius 1 is 0.441 bits per heavy atom. The van der Waals surface area contributed by atoms with Crippen molar-refractivity contribution < 1.29 is 9.59 Å². The lowest BCUT2D eigenvalue weighted by molar-refractivity contribution is -0.123. The van der Waals surface area contributed by atoms with Crippen molar-refractivity contribution >= 4 is 23.2 Å². The van der Waals surface area contributed by atoms with E-state index in [4.69, 9.17) is 0 Å². The molecule has 4 aromatic rings. The predicted octanol–water partition coefficient (Wildman–Crippen LogP) is 5.80. The first-order valence-corrected chi connectivity index (χ1v) is 11.6. The van der Waals surface area contributed by atoms with Crippen molar-refractivity contribution in [2.45, 2.75) is 12.1 Å². The van der Waals surface area contributed by atoms with E-state index in [9.17, 15) is 9.59 Å². The van der Waals surface area contributed by atoms with Gasteiger partial charge in [-0.1, -0.05) is 97.1 Å². The first-order valence-electron chi connectivity index (χ1n) is 11.6. The summed E-state index contributed by atoms with van der Waals surface area (Å²) in [5, 5.41) is 0. The van der Waals surface area contributed by atoms with Crippen LogP contribution in [-0.2, 0) is 9.59 Å².